The molecular formula is C21H17ClN2OS2. The monoisotopic (exact) mass is 412 g/mol. The van der Waals surface area contributed by atoms with Gasteiger partial charge in [-0.3, -0.25) is 9.36 Å². The summed E-state index contributed by atoms with van der Waals surface area (Å²) in [7, 11) is 0. The average Bonchev–Trinajstić information content (AvgIpc) is 3.13. The summed E-state index contributed by atoms with van der Waals surface area (Å²) < 4.78 is 2.36. The van der Waals surface area contributed by atoms with Crippen molar-refractivity contribution in [2.24, 2.45) is 0 Å². The summed E-state index contributed by atoms with van der Waals surface area (Å²) in [5, 5.41) is 3.28. The number of hydrogen-bond acceptors (Lipinski definition) is 4. The van der Waals surface area contributed by atoms with Crippen molar-refractivity contribution in [2.45, 2.75) is 24.8 Å². The van der Waals surface area contributed by atoms with Crippen molar-refractivity contribution in [2.75, 3.05) is 0 Å². The normalized spacial score (nSPS) is 11.2. The topological polar surface area (TPSA) is 34.9 Å². The van der Waals surface area contributed by atoms with Gasteiger partial charge in [0, 0.05) is 10.8 Å². The van der Waals surface area contributed by atoms with Crippen molar-refractivity contribution >= 4 is 44.9 Å². The minimum absolute atomic E-state index is 0.0388. The first-order chi connectivity index (χ1) is 13.0. The Kier molecular flexibility index (Phi) is 5.08. The van der Waals surface area contributed by atoms with Crippen molar-refractivity contribution in [3.05, 3.63) is 86.0 Å². The number of thioether (sulfide) groups is 1. The Morgan fingerprint density at radius 2 is 1.89 bits per heavy atom. The lowest BCUT2D eigenvalue weighted by atomic mass is 10.2. The summed E-state index contributed by atoms with van der Waals surface area (Å²) >= 11 is 9.16. The molecule has 3 nitrogen and oxygen atoms in total. The third kappa shape index (κ3) is 3.68. The van der Waals surface area contributed by atoms with Crippen LogP contribution in [0, 0.1) is 13.8 Å². The number of benzene rings is 2. The molecule has 0 aliphatic carbocycles. The smallest absolute Gasteiger partial charge is 0.267 e. The van der Waals surface area contributed by atoms with Crippen molar-refractivity contribution in [3.63, 3.8) is 0 Å². The molecule has 0 aliphatic rings. The molecule has 0 saturated heterocycles. The van der Waals surface area contributed by atoms with Crippen LogP contribution in [0.5, 0.6) is 0 Å². The van der Waals surface area contributed by atoms with Gasteiger partial charge < -0.3 is 0 Å². The van der Waals surface area contributed by atoms with E-state index in [1.165, 1.54) is 22.5 Å². The third-order valence-corrected chi connectivity index (χ3v) is 6.66. The van der Waals surface area contributed by atoms with Gasteiger partial charge in [-0.2, -0.15) is 0 Å². The maximum atomic E-state index is 13.2. The second-order valence-electron chi connectivity index (χ2n) is 6.38. The quantitative estimate of drug-likeness (QED) is 0.304. The number of nitrogens with zero attached hydrogens (tertiary/aromatic N) is 2. The fourth-order valence-corrected chi connectivity index (χ4v) is 4.66. The van der Waals surface area contributed by atoms with Gasteiger partial charge in [-0.05, 0) is 54.6 Å². The summed E-state index contributed by atoms with van der Waals surface area (Å²) in [5.74, 6) is 0.745. The molecule has 27 heavy (non-hydrogen) atoms. The Bertz CT molecular complexity index is 1180. The predicted octanol–water partition coefficient (Wildman–Crippen LogP) is 6.01. The molecule has 0 radical (unpaired) electrons. The second kappa shape index (κ2) is 7.50. The van der Waals surface area contributed by atoms with Gasteiger partial charge in [0.05, 0.1) is 11.2 Å². The van der Waals surface area contributed by atoms with E-state index in [9.17, 15) is 4.79 Å². The van der Waals surface area contributed by atoms with E-state index < -0.39 is 0 Å². The largest absolute Gasteiger partial charge is 0.276 e. The molecule has 0 unspecified atom stereocenters. The number of rotatable bonds is 4. The SMILES string of the molecule is Cc1ccc(CSc2nc3ccsc3c(=O)n2-c2ccc(Cl)c(C)c2)cc1. The van der Waals surface area contributed by atoms with Crippen molar-refractivity contribution < 1.29 is 0 Å². The lowest BCUT2D eigenvalue weighted by Gasteiger charge is -2.13. The lowest BCUT2D eigenvalue weighted by Crippen LogP contribution is -2.21. The zero-order valence-corrected chi connectivity index (χ0v) is 17.3. The molecule has 0 atom stereocenters. The maximum Gasteiger partial charge on any atom is 0.276 e. The van der Waals surface area contributed by atoms with E-state index in [1.807, 2.05) is 36.6 Å². The summed E-state index contributed by atoms with van der Waals surface area (Å²) in [4.78, 5) is 17.9. The molecule has 6 heteroatoms. The van der Waals surface area contributed by atoms with Crippen LogP contribution in [0.1, 0.15) is 16.7 Å². The summed E-state index contributed by atoms with van der Waals surface area (Å²) in [6.07, 6.45) is 0. The van der Waals surface area contributed by atoms with E-state index in [4.69, 9.17) is 16.6 Å². The Morgan fingerprint density at radius 3 is 2.63 bits per heavy atom. The number of fused-ring (bicyclic) bond motifs is 1. The summed E-state index contributed by atoms with van der Waals surface area (Å²) in [5.41, 5.74) is 4.86. The van der Waals surface area contributed by atoms with Crippen LogP contribution in [-0.4, -0.2) is 9.55 Å². The van der Waals surface area contributed by atoms with Crippen LogP contribution < -0.4 is 5.56 Å². The minimum atomic E-state index is -0.0388. The zero-order chi connectivity index (χ0) is 19.0. The van der Waals surface area contributed by atoms with Crippen LogP contribution in [0.3, 0.4) is 0 Å². The van der Waals surface area contributed by atoms with Gasteiger partial charge in [0.15, 0.2) is 5.16 Å². The molecule has 2 heterocycles. The molecule has 136 valence electrons. The van der Waals surface area contributed by atoms with Gasteiger partial charge in [0.25, 0.3) is 5.56 Å². The molecule has 0 bridgehead atoms. The predicted molar refractivity (Wildman–Crippen MR) is 116 cm³/mol. The number of thiophene rings is 1. The highest BCUT2D eigenvalue weighted by molar-refractivity contribution is 7.98. The van der Waals surface area contributed by atoms with Crippen LogP contribution in [0.4, 0.5) is 0 Å². The van der Waals surface area contributed by atoms with Gasteiger partial charge in [0.1, 0.15) is 4.70 Å². The highest BCUT2D eigenvalue weighted by atomic mass is 35.5. The Labute approximate surface area is 170 Å². The van der Waals surface area contributed by atoms with Crippen molar-refractivity contribution in [1.29, 1.82) is 0 Å². The zero-order valence-electron chi connectivity index (χ0n) is 14.9. The number of halogens is 1. The molecule has 2 aromatic heterocycles. The number of hydrogen-bond donors (Lipinski definition) is 0. The van der Waals surface area contributed by atoms with E-state index in [0.717, 1.165) is 22.5 Å². The summed E-state index contributed by atoms with van der Waals surface area (Å²) in [6, 6.07) is 15.9. The number of aryl methyl sites for hydroxylation is 2. The van der Waals surface area contributed by atoms with Gasteiger partial charge in [0.2, 0.25) is 0 Å². The lowest BCUT2D eigenvalue weighted by molar-refractivity contribution is 0.821. The highest BCUT2D eigenvalue weighted by Gasteiger charge is 2.15. The van der Waals surface area contributed by atoms with E-state index >= 15 is 0 Å². The fraction of sp³-hybridized carbons (Fsp3) is 0.143. The van der Waals surface area contributed by atoms with Crippen LogP contribution >= 0.6 is 34.7 Å². The van der Waals surface area contributed by atoms with Gasteiger partial charge >= 0.3 is 0 Å². The second-order valence-corrected chi connectivity index (χ2v) is 8.64. The maximum absolute atomic E-state index is 13.2. The molecule has 2 aromatic carbocycles. The molecule has 0 saturated carbocycles. The van der Waals surface area contributed by atoms with Crippen LogP contribution in [0.2, 0.25) is 5.02 Å². The van der Waals surface area contributed by atoms with Crippen molar-refractivity contribution in [3.8, 4) is 5.69 Å². The Morgan fingerprint density at radius 1 is 1.11 bits per heavy atom. The van der Waals surface area contributed by atoms with Gasteiger partial charge in [-0.15, -0.1) is 11.3 Å². The van der Waals surface area contributed by atoms with E-state index in [2.05, 4.69) is 31.2 Å². The molecular weight excluding hydrogens is 396 g/mol. The van der Waals surface area contributed by atoms with Gasteiger partial charge in [-0.25, -0.2) is 4.98 Å². The Balaban J connectivity index is 1.81. The summed E-state index contributed by atoms with van der Waals surface area (Å²) in [6.45, 7) is 4.01. The van der Waals surface area contributed by atoms with E-state index in [1.54, 1.807) is 16.3 Å². The third-order valence-electron chi connectivity index (χ3n) is 4.34. The number of aromatic nitrogens is 2. The molecule has 0 fully saturated rings. The first-order valence-electron chi connectivity index (χ1n) is 8.48. The minimum Gasteiger partial charge on any atom is -0.267 e. The standard InChI is InChI=1S/C21H17ClN2OS2/c1-13-3-5-15(6-4-13)12-27-21-23-18-9-10-26-19(18)20(25)24(21)16-7-8-17(22)14(2)11-16/h3-11H,12H2,1-2H3. The molecule has 0 N–H and O–H groups in total. The molecule has 4 rings (SSSR count). The van der Waals surface area contributed by atoms with Crippen LogP contribution in [0.15, 0.2) is 63.9 Å². The average molecular weight is 413 g/mol. The van der Waals surface area contributed by atoms with Gasteiger partial charge in [-0.1, -0.05) is 53.2 Å². The van der Waals surface area contributed by atoms with Crippen molar-refractivity contribution in [1.82, 2.24) is 9.55 Å². The Hall–Kier alpha value is -2.08. The first-order valence-corrected chi connectivity index (χ1v) is 10.7. The van der Waals surface area contributed by atoms with Crippen LogP contribution in [-0.2, 0) is 5.75 Å². The van der Waals surface area contributed by atoms with E-state index in [-0.39, 0.29) is 5.56 Å². The fourth-order valence-electron chi connectivity index (χ4n) is 2.82. The molecule has 0 spiro atoms. The van der Waals surface area contributed by atoms with Crippen LogP contribution in [0.25, 0.3) is 15.9 Å². The molecule has 0 amide bonds. The highest BCUT2D eigenvalue weighted by Crippen LogP contribution is 2.27. The molecule has 0 aliphatic heterocycles. The first kappa shape index (κ1) is 18.3. The van der Waals surface area contributed by atoms with E-state index in [0.29, 0.717) is 14.9 Å². The molecule has 4 aromatic rings.